The van der Waals surface area contributed by atoms with Crippen LogP contribution in [0.15, 0.2) is 18.7 Å². The molecule has 134 valence electrons. The van der Waals surface area contributed by atoms with Gasteiger partial charge in [0, 0.05) is 37.4 Å². The fourth-order valence-corrected chi connectivity index (χ4v) is 3.53. The Bertz CT molecular complexity index is 728. The fourth-order valence-electron chi connectivity index (χ4n) is 3.53. The third-order valence-corrected chi connectivity index (χ3v) is 4.96. The molecule has 1 unspecified atom stereocenters. The second kappa shape index (κ2) is 7.00. The molecule has 0 radical (unpaired) electrons. The number of hydrogen-bond donors (Lipinski definition) is 0. The zero-order valence-corrected chi connectivity index (χ0v) is 14.9. The summed E-state index contributed by atoms with van der Waals surface area (Å²) in [4.78, 5) is 15.5. The Balaban J connectivity index is 1.61. The summed E-state index contributed by atoms with van der Waals surface area (Å²) < 4.78 is 13.4. The number of imidazole rings is 1. The molecule has 0 N–H and O–H groups in total. The van der Waals surface area contributed by atoms with E-state index in [0.29, 0.717) is 18.4 Å². The van der Waals surface area contributed by atoms with Crippen LogP contribution in [-0.2, 0) is 17.8 Å². The largest absolute Gasteiger partial charge is 0.481 e. The molecule has 2 aromatic rings. The minimum absolute atomic E-state index is 0.297. The number of ether oxygens (including phenoxy) is 2. The van der Waals surface area contributed by atoms with Crippen molar-refractivity contribution >= 4 is 5.82 Å². The number of rotatable bonds is 7. The van der Waals surface area contributed by atoms with Crippen LogP contribution < -0.4 is 9.64 Å². The van der Waals surface area contributed by atoms with Crippen LogP contribution in [0.2, 0.25) is 0 Å². The van der Waals surface area contributed by atoms with E-state index < -0.39 is 0 Å². The van der Waals surface area contributed by atoms with Crippen LogP contribution in [0.25, 0.3) is 0 Å². The molecule has 4 rings (SSSR count). The second-order valence-electron chi connectivity index (χ2n) is 6.83. The molecule has 1 aliphatic carbocycles. The first-order chi connectivity index (χ1) is 12.3. The smallest absolute Gasteiger partial charge is 0.218 e. The highest BCUT2D eigenvalue weighted by molar-refractivity contribution is 5.44. The highest BCUT2D eigenvalue weighted by atomic mass is 16.5. The number of anilines is 1. The molecule has 3 heterocycles. The molecule has 7 heteroatoms. The van der Waals surface area contributed by atoms with Crippen LogP contribution >= 0.6 is 0 Å². The Labute approximate surface area is 148 Å². The van der Waals surface area contributed by atoms with Crippen molar-refractivity contribution in [3.8, 4) is 5.88 Å². The van der Waals surface area contributed by atoms with E-state index in [9.17, 15) is 0 Å². The Morgan fingerprint density at radius 2 is 2.12 bits per heavy atom. The van der Waals surface area contributed by atoms with Gasteiger partial charge in [-0.2, -0.15) is 0 Å². The first-order valence-corrected chi connectivity index (χ1v) is 9.01. The third-order valence-electron chi connectivity index (χ3n) is 4.96. The molecular weight excluding hydrogens is 318 g/mol. The van der Waals surface area contributed by atoms with E-state index in [2.05, 4.69) is 19.4 Å². The molecular formula is C18H25N5O2. The van der Waals surface area contributed by atoms with Crippen LogP contribution in [0.5, 0.6) is 5.88 Å². The molecule has 0 amide bonds. The van der Waals surface area contributed by atoms with Crippen molar-refractivity contribution in [2.24, 2.45) is 5.92 Å². The van der Waals surface area contributed by atoms with Gasteiger partial charge in [-0.3, -0.25) is 0 Å². The average Bonchev–Trinajstić information content (AvgIpc) is 3.38. The standard InChI is InChI=1S/C18H25N5O2/c1-3-25-10-14-8-22(16-6-17(24-2)20-11-19-16)9-15-18(14)23(12-21-15)7-13-4-5-13/h6,11-14H,3-5,7-10H2,1-2H3. The topological polar surface area (TPSA) is 65.3 Å². The predicted molar refractivity (Wildman–Crippen MR) is 93.8 cm³/mol. The normalized spacial score (nSPS) is 19.8. The van der Waals surface area contributed by atoms with E-state index in [4.69, 9.17) is 14.5 Å². The maximum Gasteiger partial charge on any atom is 0.218 e. The van der Waals surface area contributed by atoms with Gasteiger partial charge >= 0.3 is 0 Å². The summed E-state index contributed by atoms with van der Waals surface area (Å²) in [5.74, 6) is 2.58. The minimum atomic E-state index is 0.297. The van der Waals surface area contributed by atoms with Gasteiger partial charge in [0.05, 0.1) is 32.3 Å². The lowest BCUT2D eigenvalue weighted by atomic mass is 9.98. The lowest BCUT2D eigenvalue weighted by Crippen LogP contribution is -2.37. The number of aromatic nitrogens is 4. The van der Waals surface area contributed by atoms with Gasteiger partial charge in [0.15, 0.2) is 0 Å². The molecule has 0 spiro atoms. The minimum Gasteiger partial charge on any atom is -0.481 e. The predicted octanol–water partition coefficient (Wildman–Crippen LogP) is 2.23. The molecule has 0 bridgehead atoms. The summed E-state index contributed by atoms with van der Waals surface area (Å²) in [6.07, 6.45) is 6.24. The first-order valence-electron chi connectivity index (χ1n) is 9.01. The van der Waals surface area contributed by atoms with Gasteiger partial charge in [-0.15, -0.1) is 0 Å². The number of hydrogen-bond acceptors (Lipinski definition) is 6. The Kier molecular flexibility index (Phi) is 4.57. The first kappa shape index (κ1) is 16.3. The maximum atomic E-state index is 5.78. The average molecular weight is 343 g/mol. The van der Waals surface area contributed by atoms with Crippen LogP contribution in [0.1, 0.15) is 37.1 Å². The summed E-state index contributed by atoms with van der Waals surface area (Å²) in [6.45, 7) is 6.19. The van der Waals surface area contributed by atoms with Crippen LogP contribution in [-0.4, -0.2) is 46.4 Å². The molecule has 25 heavy (non-hydrogen) atoms. The van der Waals surface area contributed by atoms with Crippen molar-refractivity contribution in [3.05, 3.63) is 30.1 Å². The number of nitrogens with zero attached hydrogens (tertiary/aromatic N) is 5. The van der Waals surface area contributed by atoms with Gasteiger partial charge in [-0.1, -0.05) is 0 Å². The molecule has 2 aliphatic rings. The Morgan fingerprint density at radius 1 is 1.24 bits per heavy atom. The summed E-state index contributed by atoms with van der Waals surface area (Å²) in [7, 11) is 1.62. The van der Waals surface area contributed by atoms with Crippen LogP contribution in [0.3, 0.4) is 0 Å². The molecule has 0 saturated heterocycles. The summed E-state index contributed by atoms with van der Waals surface area (Å²) >= 11 is 0. The van der Waals surface area contributed by atoms with Crippen molar-refractivity contribution in [2.75, 3.05) is 31.8 Å². The van der Waals surface area contributed by atoms with Gasteiger partial charge in [-0.05, 0) is 25.7 Å². The SMILES string of the molecule is CCOCC1CN(c2cc(OC)ncn2)Cc2ncn(CC3CC3)c21. The summed E-state index contributed by atoms with van der Waals surface area (Å²) in [5.41, 5.74) is 2.48. The lowest BCUT2D eigenvalue weighted by Gasteiger charge is -2.34. The van der Waals surface area contributed by atoms with Crippen molar-refractivity contribution in [1.29, 1.82) is 0 Å². The van der Waals surface area contributed by atoms with E-state index in [1.165, 1.54) is 18.5 Å². The van der Waals surface area contributed by atoms with Gasteiger partial charge < -0.3 is 18.9 Å². The Hall–Kier alpha value is -2.15. The van der Waals surface area contributed by atoms with Gasteiger partial charge in [0.1, 0.15) is 12.1 Å². The van der Waals surface area contributed by atoms with Crippen molar-refractivity contribution < 1.29 is 9.47 Å². The lowest BCUT2D eigenvalue weighted by molar-refractivity contribution is 0.129. The number of fused-ring (bicyclic) bond motifs is 1. The molecule has 1 atom stereocenters. The van der Waals surface area contributed by atoms with Gasteiger partial charge in [0.2, 0.25) is 5.88 Å². The molecule has 2 aromatic heterocycles. The molecule has 7 nitrogen and oxygen atoms in total. The highest BCUT2D eigenvalue weighted by Crippen LogP contribution is 2.35. The molecule has 1 aliphatic heterocycles. The molecule has 0 aromatic carbocycles. The van der Waals surface area contributed by atoms with Crippen molar-refractivity contribution in [3.63, 3.8) is 0 Å². The van der Waals surface area contributed by atoms with E-state index in [1.54, 1.807) is 13.4 Å². The van der Waals surface area contributed by atoms with E-state index in [-0.39, 0.29) is 0 Å². The van der Waals surface area contributed by atoms with Crippen molar-refractivity contribution in [1.82, 2.24) is 19.5 Å². The van der Waals surface area contributed by atoms with E-state index in [1.807, 2.05) is 19.3 Å². The monoisotopic (exact) mass is 343 g/mol. The quantitative estimate of drug-likeness (QED) is 0.768. The molecule has 1 fully saturated rings. The second-order valence-corrected chi connectivity index (χ2v) is 6.83. The fraction of sp³-hybridized carbons (Fsp3) is 0.611. The van der Waals surface area contributed by atoms with Crippen LogP contribution in [0.4, 0.5) is 5.82 Å². The van der Waals surface area contributed by atoms with E-state index in [0.717, 1.165) is 43.7 Å². The zero-order valence-electron chi connectivity index (χ0n) is 14.9. The van der Waals surface area contributed by atoms with Gasteiger partial charge in [0.25, 0.3) is 0 Å². The number of methoxy groups -OCH3 is 1. The highest BCUT2D eigenvalue weighted by Gasteiger charge is 2.32. The Morgan fingerprint density at radius 3 is 2.88 bits per heavy atom. The summed E-state index contributed by atoms with van der Waals surface area (Å²) in [5, 5.41) is 0. The van der Waals surface area contributed by atoms with Crippen molar-refractivity contribution in [2.45, 2.75) is 38.8 Å². The van der Waals surface area contributed by atoms with Gasteiger partial charge in [-0.25, -0.2) is 15.0 Å². The molecule has 1 saturated carbocycles. The zero-order chi connectivity index (χ0) is 17.2. The third kappa shape index (κ3) is 3.46. The summed E-state index contributed by atoms with van der Waals surface area (Å²) in [6, 6.07) is 1.88. The maximum absolute atomic E-state index is 5.78. The van der Waals surface area contributed by atoms with Crippen LogP contribution in [0, 0.1) is 5.92 Å². The van der Waals surface area contributed by atoms with E-state index >= 15 is 0 Å².